The summed E-state index contributed by atoms with van der Waals surface area (Å²) in [5, 5.41) is 14.5. The number of amides is 2. The van der Waals surface area contributed by atoms with Gasteiger partial charge >= 0.3 is 6.03 Å². The summed E-state index contributed by atoms with van der Waals surface area (Å²) < 4.78 is 0. The molecule has 0 bridgehead atoms. The van der Waals surface area contributed by atoms with Gasteiger partial charge in [0.2, 0.25) is 0 Å². The van der Waals surface area contributed by atoms with E-state index in [1.807, 2.05) is 0 Å². The molecule has 4 heteroatoms. The lowest BCUT2D eigenvalue weighted by molar-refractivity contribution is 0.187. The molecule has 0 saturated heterocycles. The lowest BCUT2D eigenvalue weighted by atomic mass is 10.2. The van der Waals surface area contributed by atoms with E-state index >= 15 is 0 Å². The number of aliphatic hydroxyl groups excluding tert-OH is 1. The fourth-order valence-corrected chi connectivity index (χ4v) is 2.45. The fraction of sp³-hybridized carbons (Fsp3) is 0.625. The number of aliphatic hydroxyl groups is 1. The van der Waals surface area contributed by atoms with Gasteiger partial charge in [-0.2, -0.15) is 0 Å². The molecule has 3 N–H and O–H groups in total. The van der Waals surface area contributed by atoms with Crippen LogP contribution in [-0.4, -0.2) is 30.3 Å². The number of rotatable bonds is 17. The number of hydrogen-bond donors (Lipinski definition) is 3. The summed E-state index contributed by atoms with van der Waals surface area (Å²) in [5.74, 6) is 0. The van der Waals surface area contributed by atoms with Gasteiger partial charge in [0.15, 0.2) is 0 Å². The van der Waals surface area contributed by atoms with Crippen LogP contribution in [0.4, 0.5) is 4.79 Å². The van der Waals surface area contributed by atoms with Gasteiger partial charge in [-0.25, -0.2) is 4.79 Å². The Morgan fingerprint density at radius 2 is 1.29 bits per heavy atom. The maximum atomic E-state index is 11.4. The first-order valence-electron chi connectivity index (χ1n) is 11.0. The summed E-state index contributed by atoms with van der Waals surface area (Å²) in [4.78, 5) is 11.4. The van der Waals surface area contributed by atoms with E-state index in [0.717, 1.165) is 38.5 Å². The van der Waals surface area contributed by atoms with Gasteiger partial charge < -0.3 is 15.7 Å². The average molecular weight is 391 g/mol. The minimum atomic E-state index is -0.511. The van der Waals surface area contributed by atoms with Crippen LogP contribution in [0.3, 0.4) is 0 Å². The first kappa shape index (κ1) is 26.2. The normalized spacial score (nSPS) is 13.2. The van der Waals surface area contributed by atoms with Crippen LogP contribution in [0.5, 0.6) is 0 Å². The molecule has 28 heavy (non-hydrogen) atoms. The fourth-order valence-electron chi connectivity index (χ4n) is 2.45. The topological polar surface area (TPSA) is 61.4 Å². The zero-order chi connectivity index (χ0) is 20.7. The SMILES string of the molecule is CCCCC/C=C\C/C=C\C/C=C\C/C=C\CCCCNC(=O)NC[C@H](C)O. The molecule has 0 heterocycles. The smallest absolute Gasteiger partial charge is 0.314 e. The monoisotopic (exact) mass is 390 g/mol. The Hall–Kier alpha value is -1.81. The van der Waals surface area contributed by atoms with Crippen LogP contribution in [0.2, 0.25) is 0 Å². The standard InChI is InChI=1S/C24H42N2O2/c1-3-4-5-6-7-8-9-10-11-12-13-14-15-16-17-18-19-20-21-25-24(28)26-22-23(2)27/h7-8,10-11,13-14,16-17,23,27H,3-6,9,12,15,18-22H2,1-2H3,(H2,25,26,28)/b8-7-,11-10-,14-13-,17-16-/t23-/m0/s1. The Morgan fingerprint density at radius 1 is 0.786 bits per heavy atom. The van der Waals surface area contributed by atoms with Crippen molar-refractivity contribution in [2.45, 2.75) is 84.2 Å². The Morgan fingerprint density at radius 3 is 1.79 bits per heavy atom. The van der Waals surface area contributed by atoms with Gasteiger partial charge in [-0.3, -0.25) is 0 Å². The summed E-state index contributed by atoms with van der Waals surface area (Å²) in [6, 6.07) is -0.210. The minimum absolute atomic E-state index is 0.210. The number of urea groups is 1. The molecule has 0 radical (unpaired) electrons. The number of carbonyl (C=O) groups is 1. The van der Waals surface area contributed by atoms with Crippen LogP contribution >= 0.6 is 0 Å². The molecule has 0 spiro atoms. The van der Waals surface area contributed by atoms with Crippen molar-refractivity contribution in [3.63, 3.8) is 0 Å². The Kier molecular flexibility index (Phi) is 20.1. The van der Waals surface area contributed by atoms with E-state index in [1.165, 1.54) is 25.7 Å². The van der Waals surface area contributed by atoms with Crippen molar-refractivity contribution < 1.29 is 9.90 Å². The summed E-state index contributed by atoms with van der Waals surface area (Å²) >= 11 is 0. The molecule has 0 aliphatic carbocycles. The third kappa shape index (κ3) is 22.2. The van der Waals surface area contributed by atoms with Crippen LogP contribution in [0, 0.1) is 0 Å². The molecule has 0 aromatic heterocycles. The van der Waals surface area contributed by atoms with Crippen molar-refractivity contribution in [2.75, 3.05) is 13.1 Å². The maximum Gasteiger partial charge on any atom is 0.314 e. The second kappa shape index (κ2) is 21.5. The van der Waals surface area contributed by atoms with Crippen molar-refractivity contribution in [3.8, 4) is 0 Å². The molecule has 0 aromatic carbocycles. The van der Waals surface area contributed by atoms with E-state index in [0.29, 0.717) is 6.54 Å². The van der Waals surface area contributed by atoms with Crippen LogP contribution in [-0.2, 0) is 0 Å². The number of allylic oxidation sites excluding steroid dienone is 8. The highest BCUT2D eigenvalue weighted by Crippen LogP contribution is 2.01. The summed E-state index contributed by atoms with van der Waals surface area (Å²) in [6.07, 6.45) is 28.5. The molecule has 0 saturated carbocycles. The number of hydrogen-bond acceptors (Lipinski definition) is 2. The third-order valence-electron chi connectivity index (χ3n) is 4.10. The molecule has 4 nitrogen and oxygen atoms in total. The van der Waals surface area contributed by atoms with Gasteiger partial charge in [0, 0.05) is 13.1 Å². The first-order valence-corrected chi connectivity index (χ1v) is 11.0. The van der Waals surface area contributed by atoms with Gasteiger partial charge in [-0.1, -0.05) is 68.4 Å². The number of carbonyl (C=O) groups excluding carboxylic acids is 1. The van der Waals surface area contributed by atoms with Gasteiger partial charge in [0.25, 0.3) is 0 Å². The average Bonchev–Trinajstić information content (AvgIpc) is 2.68. The summed E-state index contributed by atoms with van der Waals surface area (Å²) in [7, 11) is 0. The quantitative estimate of drug-likeness (QED) is 0.217. The highest BCUT2D eigenvalue weighted by atomic mass is 16.3. The van der Waals surface area contributed by atoms with Crippen molar-refractivity contribution in [3.05, 3.63) is 48.6 Å². The summed E-state index contributed by atoms with van der Waals surface area (Å²) in [6.45, 7) is 4.84. The molecule has 0 fully saturated rings. The maximum absolute atomic E-state index is 11.4. The Labute approximate surface area is 172 Å². The zero-order valence-corrected chi connectivity index (χ0v) is 18.0. The highest BCUT2D eigenvalue weighted by Gasteiger charge is 2.00. The largest absolute Gasteiger partial charge is 0.392 e. The molecule has 1 atom stereocenters. The molecular weight excluding hydrogens is 348 g/mol. The Balaban J connectivity index is 3.42. The van der Waals surface area contributed by atoms with E-state index in [4.69, 9.17) is 5.11 Å². The molecule has 0 rings (SSSR count). The van der Waals surface area contributed by atoms with Crippen LogP contribution in [0.1, 0.15) is 78.1 Å². The van der Waals surface area contributed by atoms with Crippen molar-refractivity contribution >= 4 is 6.03 Å². The predicted octanol–water partition coefficient (Wildman–Crippen LogP) is 5.81. The van der Waals surface area contributed by atoms with Crippen molar-refractivity contribution in [2.24, 2.45) is 0 Å². The lowest BCUT2D eigenvalue weighted by Gasteiger charge is -2.08. The zero-order valence-electron chi connectivity index (χ0n) is 18.0. The minimum Gasteiger partial charge on any atom is -0.392 e. The first-order chi connectivity index (χ1) is 13.7. The van der Waals surface area contributed by atoms with Crippen LogP contribution < -0.4 is 10.6 Å². The number of unbranched alkanes of at least 4 members (excludes halogenated alkanes) is 5. The molecular formula is C24H42N2O2. The van der Waals surface area contributed by atoms with Gasteiger partial charge in [-0.05, 0) is 58.3 Å². The van der Waals surface area contributed by atoms with E-state index in [2.05, 4.69) is 66.2 Å². The molecule has 0 aliphatic rings. The molecule has 0 aromatic rings. The summed E-state index contributed by atoms with van der Waals surface area (Å²) in [5.41, 5.74) is 0. The lowest BCUT2D eigenvalue weighted by Crippen LogP contribution is -2.39. The molecule has 0 aliphatic heterocycles. The van der Waals surface area contributed by atoms with Crippen molar-refractivity contribution in [1.82, 2.24) is 10.6 Å². The van der Waals surface area contributed by atoms with E-state index in [9.17, 15) is 4.79 Å². The number of nitrogens with one attached hydrogen (secondary N) is 2. The van der Waals surface area contributed by atoms with Gasteiger partial charge in [-0.15, -0.1) is 0 Å². The Bertz CT molecular complexity index is 465. The predicted molar refractivity (Wildman–Crippen MR) is 121 cm³/mol. The van der Waals surface area contributed by atoms with Crippen LogP contribution in [0.25, 0.3) is 0 Å². The van der Waals surface area contributed by atoms with Gasteiger partial charge in [0.1, 0.15) is 0 Å². The molecule has 160 valence electrons. The van der Waals surface area contributed by atoms with E-state index in [-0.39, 0.29) is 12.6 Å². The highest BCUT2D eigenvalue weighted by molar-refractivity contribution is 5.73. The van der Waals surface area contributed by atoms with Gasteiger partial charge in [0.05, 0.1) is 6.10 Å². The third-order valence-corrected chi connectivity index (χ3v) is 4.10. The molecule has 0 unspecified atom stereocenters. The second-order valence-corrected chi connectivity index (χ2v) is 7.07. The van der Waals surface area contributed by atoms with Crippen molar-refractivity contribution in [1.29, 1.82) is 0 Å². The second-order valence-electron chi connectivity index (χ2n) is 7.07. The van der Waals surface area contributed by atoms with Crippen LogP contribution in [0.15, 0.2) is 48.6 Å². The van der Waals surface area contributed by atoms with E-state index in [1.54, 1.807) is 6.92 Å². The van der Waals surface area contributed by atoms with E-state index < -0.39 is 6.10 Å². The molecule has 2 amide bonds.